The van der Waals surface area contributed by atoms with Crippen molar-refractivity contribution >= 4 is 39.2 Å². The molecule has 0 radical (unpaired) electrons. The summed E-state index contributed by atoms with van der Waals surface area (Å²) in [4.78, 5) is 21.4. The lowest BCUT2D eigenvalue weighted by Crippen LogP contribution is -2.01. The molecule has 108 valence electrons. The molecular weight excluding hydrogens is 366 g/mol. The zero-order chi connectivity index (χ0) is 15.6. The number of benzene rings is 2. The molecule has 0 heterocycles. The Morgan fingerprint density at radius 1 is 1.29 bits per heavy atom. The number of nitrogens with zero attached hydrogens (tertiary/aromatic N) is 1. The molecular formula is C13H7BrClNO5. The number of hydrogen-bond donors (Lipinski definition) is 1. The van der Waals surface area contributed by atoms with Crippen molar-refractivity contribution in [1.82, 2.24) is 0 Å². The van der Waals surface area contributed by atoms with E-state index in [-0.39, 0.29) is 27.8 Å². The predicted molar refractivity (Wildman–Crippen MR) is 79.3 cm³/mol. The number of carboxylic acid groups (broad SMARTS) is 1. The minimum atomic E-state index is -1.20. The molecule has 0 aliphatic carbocycles. The first-order chi connectivity index (χ1) is 9.90. The van der Waals surface area contributed by atoms with E-state index >= 15 is 0 Å². The van der Waals surface area contributed by atoms with Gasteiger partial charge in [-0.2, -0.15) is 0 Å². The van der Waals surface area contributed by atoms with Crippen LogP contribution in [0.15, 0.2) is 40.9 Å². The Morgan fingerprint density at radius 2 is 2.00 bits per heavy atom. The largest absolute Gasteiger partial charge is 0.478 e. The van der Waals surface area contributed by atoms with Crippen molar-refractivity contribution in [2.45, 2.75) is 0 Å². The fourth-order valence-electron chi connectivity index (χ4n) is 1.60. The Labute approximate surface area is 132 Å². The molecule has 0 fully saturated rings. The number of halogens is 2. The van der Waals surface area contributed by atoms with Gasteiger partial charge in [0.2, 0.25) is 0 Å². The van der Waals surface area contributed by atoms with E-state index in [1.165, 1.54) is 18.2 Å². The number of non-ortho nitro benzene ring substituents is 1. The van der Waals surface area contributed by atoms with E-state index < -0.39 is 10.9 Å². The molecule has 2 rings (SSSR count). The lowest BCUT2D eigenvalue weighted by atomic mass is 10.2. The molecule has 0 aliphatic rings. The van der Waals surface area contributed by atoms with E-state index in [0.29, 0.717) is 4.47 Å². The summed E-state index contributed by atoms with van der Waals surface area (Å²) < 4.78 is 5.75. The second kappa shape index (κ2) is 6.11. The lowest BCUT2D eigenvalue weighted by Gasteiger charge is -2.11. The first kappa shape index (κ1) is 15.3. The maximum Gasteiger partial charge on any atom is 0.340 e. The van der Waals surface area contributed by atoms with Gasteiger partial charge in [0.25, 0.3) is 5.69 Å². The lowest BCUT2D eigenvalue weighted by molar-refractivity contribution is -0.384. The highest BCUT2D eigenvalue weighted by atomic mass is 79.9. The van der Waals surface area contributed by atoms with Crippen LogP contribution in [0.5, 0.6) is 11.5 Å². The molecule has 21 heavy (non-hydrogen) atoms. The van der Waals surface area contributed by atoms with E-state index in [1.54, 1.807) is 12.1 Å². The third kappa shape index (κ3) is 3.32. The molecule has 0 unspecified atom stereocenters. The van der Waals surface area contributed by atoms with Crippen molar-refractivity contribution < 1.29 is 19.6 Å². The summed E-state index contributed by atoms with van der Waals surface area (Å²) in [6.45, 7) is 0. The van der Waals surface area contributed by atoms with Gasteiger partial charge < -0.3 is 9.84 Å². The number of hydrogen-bond acceptors (Lipinski definition) is 4. The highest BCUT2D eigenvalue weighted by molar-refractivity contribution is 9.10. The van der Waals surface area contributed by atoms with Crippen LogP contribution in [0.2, 0.25) is 5.02 Å². The maximum absolute atomic E-state index is 11.2. The average molecular weight is 373 g/mol. The monoisotopic (exact) mass is 371 g/mol. The molecule has 0 atom stereocenters. The van der Waals surface area contributed by atoms with Crippen LogP contribution in [0.25, 0.3) is 0 Å². The van der Waals surface area contributed by atoms with Crippen molar-refractivity contribution in [1.29, 1.82) is 0 Å². The molecule has 8 heteroatoms. The van der Waals surface area contributed by atoms with Crippen LogP contribution in [-0.2, 0) is 0 Å². The van der Waals surface area contributed by atoms with Crippen LogP contribution < -0.4 is 4.74 Å². The molecule has 0 spiro atoms. The van der Waals surface area contributed by atoms with E-state index in [4.69, 9.17) is 16.3 Å². The van der Waals surface area contributed by atoms with Crippen LogP contribution in [0, 0.1) is 10.1 Å². The number of carbonyl (C=O) groups is 1. The van der Waals surface area contributed by atoms with Gasteiger partial charge in [0.15, 0.2) is 5.75 Å². The molecule has 0 amide bonds. The quantitative estimate of drug-likeness (QED) is 0.630. The SMILES string of the molecule is O=C(O)c1c(Br)cccc1Oc1cc([N+](=O)[O-])ccc1Cl. The summed E-state index contributed by atoms with van der Waals surface area (Å²) in [5, 5.41) is 20.1. The summed E-state index contributed by atoms with van der Waals surface area (Å²) >= 11 is 9.03. The number of carboxylic acids is 1. The van der Waals surface area contributed by atoms with Gasteiger partial charge in [0.05, 0.1) is 16.0 Å². The molecule has 0 bridgehead atoms. The second-order valence-electron chi connectivity index (χ2n) is 3.89. The number of rotatable bonds is 4. The van der Waals surface area contributed by atoms with E-state index in [2.05, 4.69) is 15.9 Å². The Kier molecular flexibility index (Phi) is 4.44. The van der Waals surface area contributed by atoms with Gasteiger partial charge >= 0.3 is 5.97 Å². The summed E-state index contributed by atoms with van der Waals surface area (Å²) in [5.41, 5.74) is -0.304. The zero-order valence-electron chi connectivity index (χ0n) is 10.2. The Balaban J connectivity index is 2.48. The normalized spacial score (nSPS) is 10.2. The Bertz CT molecular complexity index is 734. The van der Waals surface area contributed by atoms with Crippen LogP contribution in [0.4, 0.5) is 5.69 Å². The second-order valence-corrected chi connectivity index (χ2v) is 5.15. The predicted octanol–water partition coefficient (Wildman–Crippen LogP) is 4.50. The van der Waals surface area contributed by atoms with Gasteiger partial charge in [-0.15, -0.1) is 0 Å². The first-order valence-corrected chi connectivity index (χ1v) is 6.71. The van der Waals surface area contributed by atoms with Crippen molar-refractivity contribution in [3.63, 3.8) is 0 Å². The van der Waals surface area contributed by atoms with Crippen molar-refractivity contribution in [3.05, 3.63) is 61.6 Å². The third-order valence-electron chi connectivity index (χ3n) is 2.53. The maximum atomic E-state index is 11.2. The molecule has 2 aromatic rings. The fraction of sp³-hybridized carbons (Fsp3) is 0. The van der Waals surface area contributed by atoms with Gasteiger partial charge in [0.1, 0.15) is 11.3 Å². The van der Waals surface area contributed by atoms with Gasteiger partial charge in [-0.1, -0.05) is 17.7 Å². The molecule has 2 aromatic carbocycles. The highest BCUT2D eigenvalue weighted by Crippen LogP contribution is 2.36. The number of aromatic carboxylic acids is 1. The summed E-state index contributed by atoms with van der Waals surface area (Å²) in [6, 6.07) is 8.24. The van der Waals surface area contributed by atoms with Crippen molar-refractivity contribution in [2.24, 2.45) is 0 Å². The van der Waals surface area contributed by atoms with Crippen LogP contribution in [0.3, 0.4) is 0 Å². The van der Waals surface area contributed by atoms with E-state index in [0.717, 1.165) is 6.07 Å². The topological polar surface area (TPSA) is 89.7 Å². The molecule has 6 nitrogen and oxygen atoms in total. The fourth-order valence-corrected chi connectivity index (χ4v) is 2.27. The molecule has 0 aromatic heterocycles. The first-order valence-electron chi connectivity index (χ1n) is 5.53. The summed E-state index contributed by atoms with van der Waals surface area (Å²) in [6.07, 6.45) is 0. The average Bonchev–Trinajstić information content (AvgIpc) is 2.40. The minimum absolute atomic E-state index is 0.00599. The molecule has 0 aliphatic heterocycles. The molecule has 0 saturated heterocycles. The van der Waals surface area contributed by atoms with Gasteiger partial charge in [-0.25, -0.2) is 4.79 Å². The van der Waals surface area contributed by atoms with E-state index in [1.807, 2.05) is 0 Å². The third-order valence-corrected chi connectivity index (χ3v) is 3.51. The molecule has 1 N–H and O–H groups in total. The summed E-state index contributed by atoms with van der Waals surface area (Å²) in [5.74, 6) is -1.16. The zero-order valence-corrected chi connectivity index (χ0v) is 12.6. The van der Waals surface area contributed by atoms with Crippen LogP contribution in [0.1, 0.15) is 10.4 Å². The number of nitro groups is 1. The van der Waals surface area contributed by atoms with Gasteiger partial charge in [-0.3, -0.25) is 10.1 Å². The Hall–Kier alpha value is -2.12. The number of nitro benzene ring substituents is 1. The highest BCUT2D eigenvalue weighted by Gasteiger charge is 2.18. The van der Waals surface area contributed by atoms with Crippen LogP contribution in [-0.4, -0.2) is 16.0 Å². The summed E-state index contributed by atoms with van der Waals surface area (Å²) in [7, 11) is 0. The van der Waals surface area contributed by atoms with Crippen molar-refractivity contribution in [3.8, 4) is 11.5 Å². The van der Waals surface area contributed by atoms with Crippen molar-refractivity contribution in [2.75, 3.05) is 0 Å². The van der Waals surface area contributed by atoms with Gasteiger partial charge in [-0.05, 0) is 34.1 Å². The smallest absolute Gasteiger partial charge is 0.340 e. The van der Waals surface area contributed by atoms with Gasteiger partial charge in [0, 0.05) is 10.5 Å². The number of ether oxygens (including phenoxy) is 1. The van der Waals surface area contributed by atoms with Crippen LogP contribution >= 0.6 is 27.5 Å². The standard InChI is InChI=1S/C13H7BrClNO5/c14-8-2-1-3-10(12(8)13(17)18)21-11-6-7(16(19)20)4-5-9(11)15/h1-6H,(H,17,18). The minimum Gasteiger partial charge on any atom is -0.478 e. The Morgan fingerprint density at radius 3 is 2.62 bits per heavy atom. The van der Waals surface area contributed by atoms with E-state index in [9.17, 15) is 20.0 Å². The molecule has 0 saturated carbocycles.